The molecular formula is C14H11F2NO. The topological polar surface area (TPSA) is 20.3 Å². The first-order chi connectivity index (χ1) is 8.59. The molecule has 0 radical (unpaired) electrons. The van der Waals surface area contributed by atoms with Crippen molar-refractivity contribution in [3.05, 3.63) is 65.7 Å². The SMILES string of the molecule is CN(C(=O)c1ccc(F)c(F)c1)c1ccccc1. The summed E-state index contributed by atoms with van der Waals surface area (Å²) in [6, 6.07) is 12.1. The number of nitrogens with zero attached hydrogens (tertiary/aromatic N) is 1. The van der Waals surface area contributed by atoms with Crippen LogP contribution in [0.3, 0.4) is 0 Å². The van der Waals surface area contributed by atoms with Gasteiger partial charge < -0.3 is 4.90 Å². The van der Waals surface area contributed by atoms with Crippen LogP contribution in [0.4, 0.5) is 14.5 Å². The lowest BCUT2D eigenvalue weighted by atomic mass is 10.2. The van der Waals surface area contributed by atoms with Gasteiger partial charge in [-0.2, -0.15) is 0 Å². The molecule has 2 rings (SSSR count). The van der Waals surface area contributed by atoms with Crippen molar-refractivity contribution in [1.29, 1.82) is 0 Å². The summed E-state index contributed by atoms with van der Waals surface area (Å²) in [4.78, 5) is 13.4. The molecule has 18 heavy (non-hydrogen) atoms. The summed E-state index contributed by atoms with van der Waals surface area (Å²) in [7, 11) is 1.58. The Kier molecular flexibility index (Phi) is 3.37. The Morgan fingerprint density at radius 2 is 1.67 bits per heavy atom. The number of carbonyl (C=O) groups is 1. The van der Waals surface area contributed by atoms with Crippen LogP contribution in [0, 0.1) is 11.6 Å². The van der Waals surface area contributed by atoms with E-state index in [0.29, 0.717) is 5.69 Å². The monoisotopic (exact) mass is 247 g/mol. The number of benzene rings is 2. The van der Waals surface area contributed by atoms with E-state index in [1.54, 1.807) is 31.3 Å². The number of anilines is 1. The normalized spacial score (nSPS) is 10.2. The molecular weight excluding hydrogens is 236 g/mol. The molecule has 0 atom stereocenters. The van der Waals surface area contributed by atoms with E-state index in [4.69, 9.17) is 0 Å². The average molecular weight is 247 g/mol. The van der Waals surface area contributed by atoms with E-state index in [9.17, 15) is 13.6 Å². The Morgan fingerprint density at radius 3 is 2.28 bits per heavy atom. The van der Waals surface area contributed by atoms with Gasteiger partial charge in [0.05, 0.1) is 0 Å². The van der Waals surface area contributed by atoms with Crippen LogP contribution in [0.5, 0.6) is 0 Å². The van der Waals surface area contributed by atoms with Crippen LogP contribution >= 0.6 is 0 Å². The van der Waals surface area contributed by atoms with Crippen molar-refractivity contribution >= 4 is 11.6 Å². The zero-order chi connectivity index (χ0) is 13.1. The van der Waals surface area contributed by atoms with Crippen LogP contribution in [0.2, 0.25) is 0 Å². The van der Waals surface area contributed by atoms with E-state index in [1.807, 2.05) is 6.07 Å². The number of hydrogen-bond donors (Lipinski definition) is 0. The molecule has 0 aliphatic rings. The number of carbonyl (C=O) groups excluding carboxylic acids is 1. The lowest BCUT2D eigenvalue weighted by Crippen LogP contribution is -2.26. The van der Waals surface area contributed by atoms with Gasteiger partial charge in [0.2, 0.25) is 0 Å². The van der Waals surface area contributed by atoms with Crippen molar-refractivity contribution in [3.63, 3.8) is 0 Å². The molecule has 92 valence electrons. The van der Waals surface area contributed by atoms with Crippen LogP contribution < -0.4 is 4.90 Å². The standard InChI is InChI=1S/C14H11F2NO/c1-17(11-5-3-2-4-6-11)14(18)10-7-8-12(15)13(16)9-10/h2-9H,1H3. The lowest BCUT2D eigenvalue weighted by molar-refractivity contribution is 0.0992. The third kappa shape index (κ3) is 2.37. The molecule has 0 aromatic heterocycles. The van der Waals surface area contributed by atoms with Crippen LogP contribution in [0.25, 0.3) is 0 Å². The Hall–Kier alpha value is -2.23. The second-order valence-electron chi connectivity index (χ2n) is 3.83. The molecule has 1 amide bonds. The molecule has 2 aromatic carbocycles. The smallest absolute Gasteiger partial charge is 0.258 e. The fourth-order valence-electron chi connectivity index (χ4n) is 1.59. The van der Waals surface area contributed by atoms with E-state index in [0.717, 1.165) is 12.1 Å². The summed E-state index contributed by atoms with van der Waals surface area (Å²) in [6.45, 7) is 0. The highest BCUT2D eigenvalue weighted by atomic mass is 19.2. The molecule has 0 saturated carbocycles. The van der Waals surface area contributed by atoms with E-state index >= 15 is 0 Å². The van der Waals surface area contributed by atoms with Gasteiger partial charge in [-0.3, -0.25) is 4.79 Å². The minimum Gasteiger partial charge on any atom is -0.311 e. The first-order valence-electron chi connectivity index (χ1n) is 5.38. The van der Waals surface area contributed by atoms with E-state index in [2.05, 4.69) is 0 Å². The first kappa shape index (κ1) is 12.2. The summed E-state index contributed by atoms with van der Waals surface area (Å²) >= 11 is 0. The highest BCUT2D eigenvalue weighted by Crippen LogP contribution is 2.16. The van der Waals surface area contributed by atoms with Gasteiger partial charge in [-0.05, 0) is 30.3 Å². The van der Waals surface area contributed by atoms with Crippen molar-refractivity contribution in [2.45, 2.75) is 0 Å². The molecule has 0 aliphatic heterocycles. The van der Waals surface area contributed by atoms with Crippen LogP contribution in [-0.2, 0) is 0 Å². The van der Waals surface area contributed by atoms with E-state index < -0.39 is 11.6 Å². The summed E-state index contributed by atoms with van der Waals surface area (Å²) in [5.74, 6) is -2.38. The zero-order valence-electron chi connectivity index (χ0n) is 9.73. The number of rotatable bonds is 2. The Labute approximate surface area is 103 Å². The van der Waals surface area contributed by atoms with Crippen LogP contribution in [0.1, 0.15) is 10.4 Å². The van der Waals surface area contributed by atoms with Gasteiger partial charge in [0.15, 0.2) is 11.6 Å². The van der Waals surface area contributed by atoms with E-state index in [1.165, 1.54) is 11.0 Å². The molecule has 0 bridgehead atoms. The Morgan fingerprint density at radius 1 is 1.00 bits per heavy atom. The van der Waals surface area contributed by atoms with Crippen molar-refractivity contribution in [2.24, 2.45) is 0 Å². The van der Waals surface area contributed by atoms with Gasteiger partial charge in [0, 0.05) is 18.3 Å². The maximum Gasteiger partial charge on any atom is 0.258 e. The molecule has 0 spiro atoms. The quantitative estimate of drug-likeness (QED) is 0.797. The molecule has 0 fully saturated rings. The largest absolute Gasteiger partial charge is 0.311 e. The number of hydrogen-bond acceptors (Lipinski definition) is 1. The molecule has 0 aliphatic carbocycles. The fraction of sp³-hybridized carbons (Fsp3) is 0.0714. The minimum atomic E-state index is -1.03. The summed E-state index contributed by atoms with van der Waals surface area (Å²) in [5.41, 5.74) is 0.799. The lowest BCUT2D eigenvalue weighted by Gasteiger charge is -2.17. The third-order valence-corrected chi connectivity index (χ3v) is 2.61. The van der Waals surface area contributed by atoms with Gasteiger partial charge in [-0.25, -0.2) is 8.78 Å². The number of halogens is 2. The molecule has 0 heterocycles. The number of para-hydroxylation sites is 1. The highest BCUT2D eigenvalue weighted by molar-refractivity contribution is 6.05. The van der Waals surface area contributed by atoms with Crippen molar-refractivity contribution < 1.29 is 13.6 Å². The van der Waals surface area contributed by atoms with Gasteiger partial charge in [0.25, 0.3) is 5.91 Å². The summed E-state index contributed by atoms with van der Waals surface area (Å²) in [6.07, 6.45) is 0. The first-order valence-corrected chi connectivity index (χ1v) is 5.38. The molecule has 0 N–H and O–H groups in total. The molecule has 4 heteroatoms. The van der Waals surface area contributed by atoms with Crippen LogP contribution in [0.15, 0.2) is 48.5 Å². The minimum absolute atomic E-state index is 0.111. The Bertz CT molecular complexity index is 569. The summed E-state index contributed by atoms with van der Waals surface area (Å²) < 4.78 is 25.8. The second-order valence-corrected chi connectivity index (χ2v) is 3.83. The average Bonchev–Trinajstić information content (AvgIpc) is 2.41. The summed E-state index contributed by atoms with van der Waals surface area (Å²) in [5, 5.41) is 0. The highest BCUT2D eigenvalue weighted by Gasteiger charge is 2.15. The molecule has 0 unspecified atom stereocenters. The van der Waals surface area contributed by atoms with Gasteiger partial charge in [0.1, 0.15) is 0 Å². The third-order valence-electron chi connectivity index (χ3n) is 2.61. The van der Waals surface area contributed by atoms with Crippen LogP contribution in [-0.4, -0.2) is 13.0 Å². The predicted octanol–water partition coefficient (Wildman–Crippen LogP) is 3.24. The van der Waals surface area contributed by atoms with E-state index in [-0.39, 0.29) is 11.5 Å². The maximum atomic E-state index is 13.1. The fourth-order valence-corrected chi connectivity index (χ4v) is 1.59. The molecule has 2 aromatic rings. The molecule has 0 saturated heterocycles. The van der Waals surface area contributed by atoms with Crippen molar-refractivity contribution in [1.82, 2.24) is 0 Å². The van der Waals surface area contributed by atoms with Gasteiger partial charge >= 0.3 is 0 Å². The zero-order valence-corrected chi connectivity index (χ0v) is 9.73. The molecule has 2 nitrogen and oxygen atoms in total. The van der Waals surface area contributed by atoms with Gasteiger partial charge in [-0.15, -0.1) is 0 Å². The number of amides is 1. The Balaban J connectivity index is 2.29. The van der Waals surface area contributed by atoms with Crippen molar-refractivity contribution in [2.75, 3.05) is 11.9 Å². The maximum absolute atomic E-state index is 13.1. The second kappa shape index (κ2) is 4.96. The van der Waals surface area contributed by atoms with Crippen molar-refractivity contribution in [3.8, 4) is 0 Å². The predicted molar refractivity (Wildman–Crippen MR) is 65.5 cm³/mol. The van der Waals surface area contributed by atoms with Gasteiger partial charge in [-0.1, -0.05) is 18.2 Å².